The van der Waals surface area contributed by atoms with Gasteiger partial charge in [-0.05, 0) is 12.1 Å². The largest absolute Gasteiger partial charge is 0.481 e. The van der Waals surface area contributed by atoms with Crippen molar-refractivity contribution in [2.24, 2.45) is 0 Å². The summed E-state index contributed by atoms with van der Waals surface area (Å²) in [4.78, 5) is 14.6. The minimum atomic E-state index is -0.790. The van der Waals surface area contributed by atoms with Crippen molar-refractivity contribution in [1.29, 1.82) is 0 Å². The number of hydrogen-bond donors (Lipinski definition) is 1. The molecule has 0 bridgehead atoms. The molecular formula is C10H10N2O2. The van der Waals surface area contributed by atoms with E-state index in [4.69, 9.17) is 5.11 Å². The van der Waals surface area contributed by atoms with Crippen molar-refractivity contribution < 1.29 is 9.90 Å². The number of aromatic nitrogens is 2. The van der Waals surface area contributed by atoms with Gasteiger partial charge >= 0.3 is 5.97 Å². The van der Waals surface area contributed by atoms with E-state index in [1.165, 1.54) is 0 Å². The van der Waals surface area contributed by atoms with Crippen LogP contribution in [0.1, 0.15) is 12.1 Å². The molecule has 0 aliphatic heterocycles. The molecule has 0 aliphatic carbocycles. The number of pyridine rings is 1. The van der Waals surface area contributed by atoms with E-state index in [0.717, 1.165) is 11.2 Å². The summed E-state index contributed by atoms with van der Waals surface area (Å²) in [6, 6.07) is 5.76. The van der Waals surface area contributed by atoms with Crippen molar-refractivity contribution >= 4 is 11.5 Å². The standard InChI is InChI=1S/C10H10N2O2/c13-10(14)5-4-8-9-3-1-2-6-12(9)7-11-8/h1-3,6-7H,4-5H2,(H,13,14). The summed E-state index contributed by atoms with van der Waals surface area (Å²) in [5.41, 5.74) is 1.82. The fraction of sp³-hybridized carbons (Fsp3) is 0.200. The van der Waals surface area contributed by atoms with E-state index < -0.39 is 5.97 Å². The number of nitrogens with zero attached hydrogens (tertiary/aromatic N) is 2. The summed E-state index contributed by atoms with van der Waals surface area (Å²) in [7, 11) is 0. The van der Waals surface area contributed by atoms with Gasteiger partial charge in [0.15, 0.2) is 0 Å². The van der Waals surface area contributed by atoms with Crippen LogP contribution in [0.4, 0.5) is 0 Å². The third-order valence-corrected chi connectivity index (χ3v) is 2.10. The Morgan fingerprint density at radius 2 is 2.36 bits per heavy atom. The van der Waals surface area contributed by atoms with Crippen LogP contribution >= 0.6 is 0 Å². The monoisotopic (exact) mass is 190 g/mol. The van der Waals surface area contributed by atoms with Gasteiger partial charge < -0.3 is 9.51 Å². The number of imidazole rings is 1. The minimum Gasteiger partial charge on any atom is -0.481 e. The second-order valence-electron chi connectivity index (χ2n) is 3.08. The van der Waals surface area contributed by atoms with Gasteiger partial charge in [0.1, 0.15) is 0 Å². The Balaban J connectivity index is 2.29. The molecule has 0 aromatic carbocycles. The van der Waals surface area contributed by atoms with Crippen LogP contribution in [-0.4, -0.2) is 20.5 Å². The SMILES string of the molecule is O=C(O)CCc1ncn2ccccc12. The third kappa shape index (κ3) is 1.59. The zero-order valence-electron chi connectivity index (χ0n) is 7.55. The number of carboxylic acid groups (broad SMARTS) is 1. The molecule has 14 heavy (non-hydrogen) atoms. The molecule has 4 heteroatoms. The Hall–Kier alpha value is -1.84. The Bertz CT molecular complexity index is 462. The maximum atomic E-state index is 10.4. The molecule has 0 amide bonds. The molecule has 72 valence electrons. The third-order valence-electron chi connectivity index (χ3n) is 2.10. The summed E-state index contributed by atoms with van der Waals surface area (Å²) in [6.07, 6.45) is 4.20. The minimum absolute atomic E-state index is 0.127. The Morgan fingerprint density at radius 1 is 1.50 bits per heavy atom. The molecule has 2 aromatic rings. The van der Waals surface area contributed by atoms with Crippen LogP contribution in [0.25, 0.3) is 5.52 Å². The molecule has 0 atom stereocenters. The first-order valence-electron chi connectivity index (χ1n) is 4.40. The predicted molar refractivity (Wildman–Crippen MR) is 51.1 cm³/mol. The van der Waals surface area contributed by atoms with E-state index in [1.807, 2.05) is 28.8 Å². The summed E-state index contributed by atoms with van der Waals surface area (Å²) in [5.74, 6) is -0.790. The van der Waals surface area contributed by atoms with Gasteiger partial charge in [0.25, 0.3) is 0 Å². The average Bonchev–Trinajstić information content (AvgIpc) is 2.58. The molecule has 2 aromatic heterocycles. The highest BCUT2D eigenvalue weighted by Gasteiger charge is 2.05. The molecule has 0 aliphatic rings. The molecule has 2 heterocycles. The topological polar surface area (TPSA) is 54.6 Å². The van der Waals surface area contributed by atoms with Crippen LogP contribution in [0.3, 0.4) is 0 Å². The van der Waals surface area contributed by atoms with Gasteiger partial charge in [0.2, 0.25) is 0 Å². The number of aryl methyl sites for hydroxylation is 1. The normalized spacial score (nSPS) is 10.6. The highest BCUT2D eigenvalue weighted by molar-refractivity contribution is 5.67. The highest BCUT2D eigenvalue weighted by Crippen LogP contribution is 2.10. The van der Waals surface area contributed by atoms with E-state index in [1.54, 1.807) is 6.33 Å². The Labute approximate surface area is 80.8 Å². The lowest BCUT2D eigenvalue weighted by Gasteiger charge is -1.95. The van der Waals surface area contributed by atoms with Gasteiger partial charge in [-0.3, -0.25) is 4.79 Å². The first kappa shape index (κ1) is 8.74. The van der Waals surface area contributed by atoms with E-state index in [2.05, 4.69) is 4.98 Å². The van der Waals surface area contributed by atoms with Gasteiger partial charge in [-0.1, -0.05) is 6.07 Å². The molecule has 1 N–H and O–H groups in total. The van der Waals surface area contributed by atoms with Crippen molar-refractivity contribution in [2.45, 2.75) is 12.8 Å². The molecule has 0 unspecified atom stereocenters. The van der Waals surface area contributed by atoms with E-state index in [0.29, 0.717) is 6.42 Å². The number of carbonyl (C=O) groups is 1. The van der Waals surface area contributed by atoms with Crippen molar-refractivity contribution in [3.8, 4) is 0 Å². The van der Waals surface area contributed by atoms with Crippen molar-refractivity contribution in [1.82, 2.24) is 9.38 Å². The smallest absolute Gasteiger partial charge is 0.303 e. The van der Waals surface area contributed by atoms with E-state index >= 15 is 0 Å². The second-order valence-corrected chi connectivity index (χ2v) is 3.08. The number of rotatable bonds is 3. The molecule has 0 spiro atoms. The van der Waals surface area contributed by atoms with Crippen LogP contribution in [0.2, 0.25) is 0 Å². The van der Waals surface area contributed by atoms with Crippen LogP contribution in [0.5, 0.6) is 0 Å². The molecule has 0 fully saturated rings. The number of aliphatic carboxylic acids is 1. The van der Waals surface area contributed by atoms with Crippen molar-refractivity contribution in [3.05, 3.63) is 36.4 Å². The number of carboxylic acids is 1. The van der Waals surface area contributed by atoms with Crippen LogP contribution in [-0.2, 0) is 11.2 Å². The molecule has 0 saturated heterocycles. The van der Waals surface area contributed by atoms with Gasteiger partial charge in [-0.2, -0.15) is 0 Å². The van der Waals surface area contributed by atoms with Crippen LogP contribution in [0, 0.1) is 0 Å². The Kier molecular flexibility index (Phi) is 2.18. The fourth-order valence-corrected chi connectivity index (χ4v) is 1.42. The summed E-state index contributed by atoms with van der Waals surface area (Å²) >= 11 is 0. The van der Waals surface area contributed by atoms with Gasteiger partial charge in [-0.25, -0.2) is 4.98 Å². The highest BCUT2D eigenvalue weighted by atomic mass is 16.4. The summed E-state index contributed by atoms with van der Waals surface area (Å²) in [5, 5.41) is 8.55. The fourth-order valence-electron chi connectivity index (χ4n) is 1.42. The molecular weight excluding hydrogens is 180 g/mol. The average molecular weight is 190 g/mol. The number of fused-ring (bicyclic) bond motifs is 1. The zero-order valence-corrected chi connectivity index (χ0v) is 7.55. The molecule has 0 radical (unpaired) electrons. The number of hydrogen-bond acceptors (Lipinski definition) is 2. The lowest BCUT2D eigenvalue weighted by molar-refractivity contribution is -0.136. The first-order chi connectivity index (χ1) is 6.77. The molecule has 2 rings (SSSR count). The van der Waals surface area contributed by atoms with Gasteiger partial charge in [-0.15, -0.1) is 0 Å². The molecule has 4 nitrogen and oxygen atoms in total. The lowest BCUT2D eigenvalue weighted by atomic mass is 10.2. The van der Waals surface area contributed by atoms with Crippen LogP contribution in [0.15, 0.2) is 30.7 Å². The second kappa shape index (κ2) is 3.49. The predicted octanol–water partition coefficient (Wildman–Crippen LogP) is 1.35. The summed E-state index contributed by atoms with van der Waals surface area (Å²) in [6.45, 7) is 0. The maximum Gasteiger partial charge on any atom is 0.303 e. The van der Waals surface area contributed by atoms with E-state index in [9.17, 15) is 4.79 Å². The maximum absolute atomic E-state index is 10.4. The molecule has 0 saturated carbocycles. The van der Waals surface area contributed by atoms with E-state index in [-0.39, 0.29) is 6.42 Å². The first-order valence-corrected chi connectivity index (χ1v) is 4.40. The Morgan fingerprint density at radius 3 is 3.14 bits per heavy atom. The zero-order chi connectivity index (χ0) is 9.97. The quantitative estimate of drug-likeness (QED) is 0.794. The van der Waals surface area contributed by atoms with Gasteiger partial charge in [0, 0.05) is 12.6 Å². The summed E-state index contributed by atoms with van der Waals surface area (Å²) < 4.78 is 1.89. The van der Waals surface area contributed by atoms with Gasteiger partial charge in [0.05, 0.1) is 24.0 Å². The van der Waals surface area contributed by atoms with Crippen molar-refractivity contribution in [3.63, 3.8) is 0 Å². The van der Waals surface area contributed by atoms with Crippen molar-refractivity contribution in [2.75, 3.05) is 0 Å². The van der Waals surface area contributed by atoms with Crippen LogP contribution < -0.4 is 0 Å². The lowest BCUT2D eigenvalue weighted by Crippen LogP contribution is -1.97.